The van der Waals surface area contributed by atoms with Gasteiger partial charge in [-0.15, -0.1) is 0 Å². The van der Waals surface area contributed by atoms with Crippen molar-refractivity contribution >= 4 is 9.84 Å². The molecule has 2 aromatic heterocycles. The minimum Gasteiger partial charge on any atom is -0.334 e. The molecule has 0 aliphatic rings. The molecule has 1 aromatic carbocycles. The van der Waals surface area contributed by atoms with Crippen LogP contribution in [-0.4, -0.2) is 29.4 Å². The zero-order valence-corrected chi connectivity index (χ0v) is 14.2. The third-order valence-electron chi connectivity index (χ3n) is 3.58. The van der Waals surface area contributed by atoms with Gasteiger partial charge in [-0.3, -0.25) is 4.79 Å². The lowest BCUT2D eigenvalue weighted by molar-refractivity contribution is 0.432. The van der Waals surface area contributed by atoms with Crippen molar-refractivity contribution < 1.29 is 12.9 Å². The topological polar surface area (TPSA) is 95.1 Å². The van der Waals surface area contributed by atoms with Gasteiger partial charge in [0.05, 0.1) is 10.5 Å². The lowest BCUT2D eigenvalue weighted by atomic mass is 10.2. The molecule has 0 aliphatic carbocycles. The molecule has 0 unspecified atom stereocenters. The molecule has 124 valence electrons. The minimum absolute atomic E-state index is 0.0881. The maximum atomic E-state index is 11.7. The van der Waals surface area contributed by atoms with E-state index in [1.54, 1.807) is 38.4 Å². The van der Waals surface area contributed by atoms with Crippen molar-refractivity contribution in [3.05, 3.63) is 52.4 Å². The van der Waals surface area contributed by atoms with Gasteiger partial charge in [0, 0.05) is 30.6 Å². The van der Waals surface area contributed by atoms with Crippen LogP contribution in [-0.2, 0) is 16.9 Å². The third-order valence-corrected chi connectivity index (χ3v) is 4.70. The largest absolute Gasteiger partial charge is 0.334 e. The average Bonchev–Trinajstić information content (AvgIpc) is 3.01. The zero-order chi connectivity index (χ0) is 17.5. The lowest BCUT2D eigenvalue weighted by Gasteiger charge is -2.01. The minimum atomic E-state index is -3.25. The maximum Gasteiger partial charge on any atom is 0.259 e. The van der Waals surface area contributed by atoms with E-state index in [9.17, 15) is 13.2 Å². The second-order valence-corrected chi connectivity index (χ2v) is 7.56. The normalized spacial score (nSPS) is 11.6. The average molecular weight is 345 g/mol. The van der Waals surface area contributed by atoms with Crippen molar-refractivity contribution in [2.24, 2.45) is 7.05 Å². The third kappa shape index (κ3) is 3.00. The van der Waals surface area contributed by atoms with Crippen molar-refractivity contribution in [3.8, 4) is 22.8 Å². The van der Waals surface area contributed by atoms with E-state index in [-0.39, 0.29) is 16.3 Å². The van der Waals surface area contributed by atoms with Crippen LogP contribution in [0.15, 0.2) is 50.7 Å². The summed E-state index contributed by atoms with van der Waals surface area (Å²) in [5.41, 5.74) is 1.77. The number of nitrogens with zero attached hydrogens (tertiary/aromatic N) is 3. The van der Waals surface area contributed by atoms with Crippen molar-refractivity contribution in [1.29, 1.82) is 0 Å². The first kappa shape index (κ1) is 16.1. The van der Waals surface area contributed by atoms with Gasteiger partial charge in [-0.2, -0.15) is 4.98 Å². The molecule has 0 atom stereocenters. The van der Waals surface area contributed by atoms with Crippen LogP contribution >= 0.6 is 0 Å². The molecule has 8 heteroatoms. The van der Waals surface area contributed by atoms with Gasteiger partial charge in [-0.05, 0) is 37.3 Å². The second kappa shape index (κ2) is 5.72. The Balaban J connectivity index is 1.98. The maximum absolute atomic E-state index is 11.7. The summed E-state index contributed by atoms with van der Waals surface area (Å²) in [6.07, 6.45) is 2.77. The molecule has 0 spiro atoms. The van der Waals surface area contributed by atoms with E-state index < -0.39 is 9.84 Å². The highest BCUT2D eigenvalue weighted by molar-refractivity contribution is 7.90. The second-order valence-electron chi connectivity index (χ2n) is 5.55. The highest BCUT2D eigenvalue weighted by Crippen LogP contribution is 2.23. The Hall–Kier alpha value is -2.74. The smallest absolute Gasteiger partial charge is 0.259 e. The molecule has 0 bridgehead atoms. The molecular weight excluding hydrogens is 330 g/mol. The number of hydrogen-bond donors (Lipinski definition) is 0. The van der Waals surface area contributed by atoms with Gasteiger partial charge in [-0.1, -0.05) is 5.16 Å². The van der Waals surface area contributed by atoms with Crippen molar-refractivity contribution in [2.75, 3.05) is 6.26 Å². The van der Waals surface area contributed by atoms with Gasteiger partial charge in [0.15, 0.2) is 9.84 Å². The van der Waals surface area contributed by atoms with E-state index in [0.717, 1.165) is 6.26 Å². The predicted octanol–water partition coefficient (Wildman–Crippen LogP) is 1.81. The van der Waals surface area contributed by atoms with E-state index in [2.05, 4.69) is 10.1 Å². The fourth-order valence-electron chi connectivity index (χ4n) is 2.30. The summed E-state index contributed by atoms with van der Waals surface area (Å²) in [5.74, 6) is 0.632. The standard InChI is InChI=1S/C16H15N3O4S/c1-10-8-12(9-19(2)16(10)20)15-17-14(18-23-15)11-4-6-13(7-5-11)24(3,21)22/h4-9H,1-3H3. The highest BCUT2D eigenvalue weighted by atomic mass is 32.2. The summed E-state index contributed by atoms with van der Waals surface area (Å²) in [5, 5.41) is 3.91. The first-order valence-electron chi connectivity index (χ1n) is 7.07. The Morgan fingerprint density at radius 3 is 2.38 bits per heavy atom. The molecule has 0 saturated carbocycles. The van der Waals surface area contributed by atoms with E-state index in [1.807, 2.05) is 0 Å². The van der Waals surface area contributed by atoms with Gasteiger partial charge in [0.25, 0.3) is 11.4 Å². The summed E-state index contributed by atoms with van der Waals surface area (Å²) in [7, 11) is -1.60. The van der Waals surface area contributed by atoms with Gasteiger partial charge in [0.2, 0.25) is 5.82 Å². The molecule has 0 N–H and O–H groups in total. The van der Waals surface area contributed by atoms with E-state index >= 15 is 0 Å². The van der Waals surface area contributed by atoms with Crippen molar-refractivity contribution in [3.63, 3.8) is 0 Å². The first-order valence-corrected chi connectivity index (χ1v) is 8.97. The molecule has 3 aromatic rings. The van der Waals surface area contributed by atoms with Crippen LogP contribution in [0, 0.1) is 6.92 Å². The number of pyridine rings is 1. The van der Waals surface area contributed by atoms with E-state index in [0.29, 0.717) is 22.5 Å². The number of hydrogen-bond acceptors (Lipinski definition) is 6. The fourth-order valence-corrected chi connectivity index (χ4v) is 2.93. The Kier molecular flexibility index (Phi) is 3.84. The van der Waals surface area contributed by atoms with E-state index in [1.165, 1.54) is 16.7 Å². The molecular formula is C16H15N3O4S. The molecule has 3 rings (SSSR count). The molecule has 24 heavy (non-hydrogen) atoms. The Bertz CT molecular complexity index is 1040. The van der Waals surface area contributed by atoms with Crippen LogP contribution in [0.1, 0.15) is 5.56 Å². The van der Waals surface area contributed by atoms with Crippen LogP contribution in [0.4, 0.5) is 0 Å². The molecule has 0 saturated heterocycles. The number of aromatic nitrogens is 3. The van der Waals surface area contributed by atoms with Gasteiger partial charge in [0.1, 0.15) is 0 Å². The number of rotatable bonds is 3. The Morgan fingerprint density at radius 2 is 1.79 bits per heavy atom. The van der Waals surface area contributed by atoms with Crippen molar-refractivity contribution in [2.45, 2.75) is 11.8 Å². The Morgan fingerprint density at radius 1 is 1.12 bits per heavy atom. The van der Waals surface area contributed by atoms with E-state index in [4.69, 9.17) is 4.52 Å². The SMILES string of the molecule is Cc1cc(-c2nc(-c3ccc(S(C)(=O)=O)cc3)no2)cn(C)c1=O. The van der Waals surface area contributed by atoms with Crippen LogP contribution in [0.3, 0.4) is 0 Å². The monoisotopic (exact) mass is 345 g/mol. The fraction of sp³-hybridized carbons (Fsp3) is 0.188. The first-order chi connectivity index (χ1) is 11.3. The van der Waals surface area contributed by atoms with Gasteiger partial charge in [-0.25, -0.2) is 8.42 Å². The summed E-state index contributed by atoms with van der Waals surface area (Å²) in [4.78, 5) is 16.3. The number of sulfone groups is 1. The van der Waals surface area contributed by atoms with Gasteiger partial charge >= 0.3 is 0 Å². The number of aryl methyl sites for hydroxylation is 2. The van der Waals surface area contributed by atoms with Crippen LogP contribution < -0.4 is 5.56 Å². The lowest BCUT2D eigenvalue weighted by Crippen LogP contribution is -2.18. The summed E-state index contributed by atoms with van der Waals surface area (Å²) in [6.45, 7) is 1.72. The molecule has 0 fully saturated rings. The highest BCUT2D eigenvalue weighted by Gasteiger charge is 2.13. The van der Waals surface area contributed by atoms with Gasteiger partial charge < -0.3 is 9.09 Å². The van der Waals surface area contributed by atoms with Crippen molar-refractivity contribution in [1.82, 2.24) is 14.7 Å². The van der Waals surface area contributed by atoms with Crippen LogP contribution in [0.25, 0.3) is 22.8 Å². The number of benzene rings is 1. The van der Waals surface area contributed by atoms with Crippen LogP contribution in [0.2, 0.25) is 0 Å². The summed E-state index contributed by atoms with van der Waals surface area (Å²) in [6, 6.07) is 7.93. The molecule has 0 aliphatic heterocycles. The summed E-state index contributed by atoms with van der Waals surface area (Å²) < 4.78 is 29.7. The zero-order valence-electron chi connectivity index (χ0n) is 13.3. The predicted molar refractivity (Wildman–Crippen MR) is 88.3 cm³/mol. The Labute approximate surface area is 138 Å². The quantitative estimate of drug-likeness (QED) is 0.718. The molecule has 2 heterocycles. The van der Waals surface area contributed by atoms with Crippen LogP contribution in [0.5, 0.6) is 0 Å². The molecule has 7 nitrogen and oxygen atoms in total. The summed E-state index contributed by atoms with van der Waals surface area (Å²) >= 11 is 0. The molecule has 0 radical (unpaired) electrons. The molecule has 0 amide bonds.